The van der Waals surface area contributed by atoms with Crippen LogP contribution in [0.4, 0.5) is 5.82 Å². The van der Waals surface area contributed by atoms with E-state index in [-0.39, 0.29) is 5.54 Å². The molecule has 4 nitrogen and oxygen atoms in total. The summed E-state index contributed by atoms with van der Waals surface area (Å²) >= 11 is 0. The molecule has 0 bridgehead atoms. The highest BCUT2D eigenvalue weighted by Crippen LogP contribution is 2.14. The number of nitrogen functional groups attached to an aromatic ring is 1. The van der Waals surface area contributed by atoms with Crippen molar-refractivity contribution in [3.05, 3.63) is 23.4 Å². The van der Waals surface area contributed by atoms with Gasteiger partial charge >= 0.3 is 0 Å². The first-order valence-electron chi connectivity index (χ1n) is 5.45. The molecule has 0 saturated heterocycles. The van der Waals surface area contributed by atoms with Crippen LogP contribution < -0.4 is 11.1 Å². The van der Waals surface area contributed by atoms with E-state index in [1.54, 1.807) is 6.07 Å². The van der Waals surface area contributed by atoms with Crippen LogP contribution in [-0.4, -0.2) is 22.2 Å². The molecule has 0 aliphatic rings. The quantitative estimate of drug-likeness (QED) is 0.724. The Morgan fingerprint density at radius 2 is 2.06 bits per heavy atom. The molecule has 1 rings (SSSR count). The molecule has 0 aromatic carbocycles. The minimum absolute atomic E-state index is 0.0175. The number of aliphatic hydroxyl groups excluding tert-OH is 1. The van der Waals surface area contributed by atoms with E-state index >= 15 is 0 Å². The van der Waals surface area contributed by atoms with Crippen LogP contribution >= 0.6 is 0 Å². The number of aromatic nitrogens is 1. The molecular weight excluding hydrogens is 202 g/mol. The predicted octanol–water partition coefficient (Wildman–Crippen LogP) is 1.39. The highest BCUT2D eigenvalue weighted by molar-refractivity contribution is 5.34. The van der Waals surface area contributed by atoms with Crippen LogP contribution in [0.2, 0.25) is 0 Å². The lowest BCUT2D eigenvalue weighted by Crippen LogP contribution is -2.38. The summed E-state index contributed by atoms with van der Waals surface area (Å²) in [5, 5.41) is 13.2. The highest BCUT2D eigenvalue weighted by Gasteiger charge is 2.14. The minimum atomic E-state index is -0.624. The summed E-state index contributed by atoms with van der Waals surface area (Å²) in [4.78, 5) is 4.12. The third-order valence-corrected chi connectivity index (χ3v) is 2.18. The summed E-state index contributed by atoms with van der Waals surface area (Å²) in [5.41, 5.74) is 7.25. The normalized spacial score (nSPS) is 13.8. The van der Waals surface area contributed by atoms with Crippen LogP contribution in [-0.2, 0) is 0 Å². The van der Waals surface area contributed by atoms with Gasteiger partial charge in [-0.2, -0.15) is 0 Å². The fourth-order valence-corrected chi connectivity index (χ4v) is 1.40. The average molecular weight is 223 g/mol. The van der Waals surface area contributed by atoms with Gasteiger partial charge in [-0.3, -0.25) is 0 Å². The predicted molar refractivity (Wildman–Crippen MR) is 66.1 cm³/mol. The van der Waals surface area contributed by atoms with Crippen LogP contribution in [0.15, 0.2) is 12.1 Å². The van der Waals surface area contributed by atoms with Crippen molar-refractivity contribution in [1.82, 2.24) is 10.3 Å². The van der Waals surface area contributed by atoms with E-state index in [1.165, 1.54) is 0 Å². The average Bonchev–Trinajstić information content (AvgIpc) is 2.11. The number of nitrogens with two attached hydrogens (primary N) is 1. The maximum Gasteiger partial charge on any atom is 0.123 e. The van der Waals surface area contributed by atoms with Crippen molar-refractivity contribution < 1.29 is 5.11 Å². The number of hydrogen-bond donors (Lipinski definition) is 3. The number of nitrogens with one attached hydrogen (secondary N) is 1. The third kappa shape index (κ3) is 4.16. The molecule has 0 aliphatic carbocycles. The number of rotatable bonds is 3. The van der Waals surface area contributed by atoms with Gasteiger partial charge in [-0.1, -0.05) is 0 Å². The Hall–Kier alpha value is -1.13. The van der Waals surface area contributed by atoms with Gasteiger partial charge in [0, 0.05) is 12.1 Å². The SMILES string of the molecule is Cc1cc(N)nc([C@H](O)CNC(C)(C)C)c1. The topological polar surface area (TPSA) is 71.2 Å². The van der Waals surface area contributed by atoms with E-state index in [4.69, 9.17) is 5.73 Å². The molecule has 1 aromatic heterocycles. The van der Waals surface area contributed by atoms with Crippen LogP contribution in [0, 0.1) is 6.92 Å². The first-order valence-corrected chi connectivity index (χ1v) is 5.45. The van der Waals surface area contributed by atoms with Crippen LogP contribution in [0.5, 0.6) is 0 Å². The van der Waals surface area contributed by atoms with Crippen LogP contribution in [0.3, 0.4) is 0 Å². The van der Waals surface area contributed by atoms with Gasteiger partial charge in [0.15, 0.2) is 0 Å². The molecule has 16 heavy (non-hydrogen) atoms. The first kappa shape index (κ1) is 12.9. The lowest BCUT2D eigenvalue weighted by molar-refractivity contribution is 0.159. The molecule has 0 unspecified atom stereocenters. The van der Waals surface area contributed by atoms with Crippen molar-refractivity contribution >= 4 is 5.82 Å². The van der Waals surface area contributed by atoms with E-state index in [9.17, 15) is 5.11 Å². The van der Waals surface area contributed by atoms with Crippen molar-refractivity contribution in [2.75, 3.05) is 12.3 Å². The summed E-state index contributed by atoms with van der Waals surface area (Å²) in [6.07, 6.45) is -0.624. The second kappa shape index (κ2) is 4.80. The van der Waals surface area contributed by atoms with E-state index in [0.29, 0.717) is 18.1 Å². The summed E-state index contributed by atoms with van der Waals surface area (Å²) in [6.45, 7) is 8.57. The molecule has 4 N–H and O–H groups in total. The monoisotopic (exact) mass is 223 g/mol. The molecule has 1 aromatic rings. The summed E-state index contributed by atoms with van der Waals surface area (Å²) in [5.74, 6) is 0.449. The van der Waals surface area contributed by atoms with E-state index in [2.05, 4.69) is 31.1 Å². The minimum Gasteiger partial charge on any atom is -0.385 e. The molecule has 0 spiro atoms. The molecule has 4 heteroatoms. The molecule has 0 fully saturated rings. The molecule has 0 radical (unpaired) electrons. The Labute approximate surface area is 96.9 Å². The maximum absolute atomic E-state index is 9.95. The van der Waals surface area contributed by atoms with Crippen molar-refractivity contribution in [2.24, 2.45) is 0 Å². The Morgan fingerprint density at radius 3 is 2.56 bits per heavy atom. The molecule has 0 amide bonds. The van der Waals surface area contributed by atoms with Gasteiger partial charge in [0.2, 0.25) is 0 Å². The van der Waals surface area contributed by atoms with Gasteiger partial charge < -0.3 is 16.2 Å². The molecule has 0 saturated carbocycles. The second-order valence-electron chi connectivity index (χ2n) is 5.14. The molecule has 1 heterocycles. The van der Waals surface area contributed by atoms with Crippen molar-refractivity contribution in [1.29, 1.82) is 0 Å². The van der Waals surface area contributed by atoms with E-state index in [1.807, 2.05) is 13.0 Å². The Balaban J connectivity index is 2.69. The highest BCUT2D eigenvalue weighted by atomic mass is 16.3. The molecular formula is C12H21N3O. The number of anilines is 1. The summed E-state index contributed by atoms with van der Waals surface area (Å²) in [6, 6.07) is 3.64. The van der Waals surface area contributed by atoms with E-state index < -0.39 is 6.10 Å². The van der Waals surface area contributed by atoms with Gasteiger partial charge in [0.05, 0.1) is 5.69 Å². The summed E-state index contributed by atoms with van der Waals surface area (Å²) < 4.78 is 0. The molecule has 1 atom stereocenters. The summed E-state index contributed by atoms with van der Waals surface area (Å²) in [7, 11) is 0. The molecule has 90 valence electrons. The number of aliphatic hydroxyl groups is 1. The number of hydrogen-bond acceptors (Lipinski definition) is 4. The Morgan fingerprint density at radius 1 is 1.44 bits per heavy atom. The first-order chi connectivity index (χ1) is 7.28. The van der Waals surface area contributed by atoms with Crippen molar-refractivity contribution in [2.45, 2.75) is 39.3 Å². The lowest BCUT2D eigenvalue weighted by atomic mass is 10.1. The zero-order valence-corrected chi connectivity index (χ0v) is 10.4. The van der Waals surface area contributed by atoms with Crippen molar-refractivity contribution in [3.8, 4) is 0 Å². The standard InChI is InChI=1S/C12H21N3O/c1-8-5-9(15-11(13)6-8)10(16)7-14-12(2,3)4/h5-6,10,14,16H,7H2,1-4H3,(H2,13,15)/t10-/m1/s1. The van der Waals surface area contributed by atoms with Gasteiger partial charge in [-0.25, -0.2) is 4.98 Å². The largest absolute Gasteiger partial charge is 0.385 e. The van der Waals surface area contributed by atoms with E-state index in [0.717, 1.165) is 5.56 Å². The van der Waals surface area contributed by atoms with Crippen LogP contribution in [0.25, 0.3) is 0 Å². The fourth-order valence-electron chi connectivity index (χ4n) is 1.40. The van der Waals surface area contributed by atoms with Gasteiger partial charge in [0.25, 0.3) is 0 Å². The molecule has 0 aliphatic heterocycles. The number of pyridine rings is 1. The van der Waals surface area contributed by atoms with Gasteiger partial charge in [-0.05, 0) is 45.4 Å². The third-order valence-electron chi connectivity index (χ3n) is 2.18. The second-order valence-corrected chi connectivity index (χ2v) is 5.14. The van der Waals surface area contributed by atoms with Gasteiger partial charge in [0.1, 0.15) is 11.9 Å². The van der Waals surface area contributed by atoms with Gasteiger partial charge in [-0.15, -0.1) is 0 Å². The Bertz CT molecular complexity index is 338. The van der Waals surface area contributed by atoms with Crippen LogP contribution in [0.1, 0.15) is 38.1 Å². The lowest BCUT2D eigenvalue weighted by Gasteiger charge is -2.22. The Kier molecular flexibility index (Phi) is 3.88. The van der Waals surface area contributed by atoms with Crippen molar-refractivity contribution in [3.63, 3.8) is 0 Å². The number of aryl methyl sites for hydroxylation is 1. The smallest absolute Gasteiger partial charge is 0.123 e. The number of β-amino-alcohol motifs (C(OH)–C–C–N with tert-alkyl or cyclic N) is 1. The maximum atomic E-state index is 9.95. The zero-order valence-electron chi connectivity index (χ0n) is 10.4. The fraction of sp³-hybridized carbons (Fsp3) is 0.583. The number of nitrogens with zero attached hydrogens (tertiary/aromatic N) is 1. The zero-order chi connectivity index (χ0) is 12.3.